The summed E-state index contributed by atoms with van der Waals surface area (Å²) >= 11 is 0. The highest BCUT2D eigenvalue weighted by atomic mass is 19.4. The van der Waals surface area contributed by atoms with E-state index in [2.05, 4.69) is 29.1 Å². The van der Waals surface area contributed by atoms with Crippen LogP contribution in [0.1, 0.15) is 25.6 Å². The monoisotopic (exact) mass is 350 g/mol. The third-order valence-electron chi connectivity index (χ3n) is 3.75. The standard InChI is InChI=1S/C17H17F3N4O/c1-11(2)16(24-8-7-21-23-24)15-5-3-12-9-13(4-6-14(12)22-15)25-10-17(18,19)20/h3-9,11,16H,10H2,1-2H3. The van der Waals surface area contributed by atoms with Gasteiger partial charge in [-0.2, -0.15) is 13.2 Å². The van der Waals surface area contributed by atoms with Gasteiger partial charge in [0.2, 0.25) is 0 Å². The van der Waals surface area contributed by atoms with Crippen molar-refractivity contribution in [1.29, 1.82) is 0 Å². The van der Waals surface area contributed by atoms with Crippen LogP contribution in [0.15, 0.2) is 42.7 Å². The molecule has 25 heavy (non-hydrogen) atoms. The Morgan fingerprint density at radius 2 is 1.96 bits per heavy atom. The number of pyridine rings is 1. The van der Waals surface area contributed by atoms with Crippen molar-refractivity contribution in [3.63, 3.8) is 0 Å². The van der Waals surface area contributed by atoms with Crippen molar-refractivity contribution in [2.24, 2.45) is 5.92 Å². The van der Waals surface area contributed by atoms with Crippen LogP contribution in [0.2, 0.25) is 0 Å². The maximum Gasteiger partial charge on any atom is 0.422 e. The van der Waals surface area contributed by atoms with Gasteiger partial charge in [-0.25, -0.2) is 4.68 Å². The lowest BCUT2D eigenvalue weighted by Crippen LogP contribution is -2.19. The fourth-order valence-electron chi connectivity index (χ4n) is 2.69. The summed E-state index contributed by atoms with van der Waals surface area (Å²) in [5.74, 6) is 0.400. The van der Waals surface area contributed by atoms with Gasteiger partial charge in [0.15, 0.2) is 6.61 Å². The summed E-state index contributed by atoms with van der Waals surface area (Å²) in [6.07, 6.45) is -0.968. The highest BCUT2D eigenvalue weighted by Crippen LogP contribution is 2.28. The molecule has 0 N–H and O–H groups in total. The van der Waals surface area contributed by atoms with Gasteiger partial charge in [0.1, 0.15) is 5.75 Å². The van der Waals surface area contributed by atoms with Gasteiger partial charge in [-0.05, 0) is 30.2 Å². The van der Waals surface area contributed by atoms with Crippen LogP contribution in [0, 0.1) is 5.92 Å². The molecule has 1 aromatic carbocycles. The predicted molar refractivity (Wildman–Crippen MR) is 86.3 cm³/mol. The molecular weight excluding hydrogens is 333 g/mol. The zero-order chi connectivity index (χ0) is 18.0. The van der Waals surface area contributed by atoms with E-state index < -0.39 is 12.8 Å². The lowest BCUT2D eigenvalue weighted by Gasteiger charge is -2.20. The molecule has 132 valence electrons. The second-order valence-corrected chi connectivity index (χ2v) is 6.07. The average Bonchev–Trinajstić information content (AvgIpc) is 3.06. The molecule has 2 aromatic heterocycles. The summed E-state index contributed by atoms with van der Waals surface area (Å²) in [6, 6.07) is 8.30. The van der Waals surface area contributed by atoms with Crippen LogP contribution in [0.25, 0.3) is 10.9 Å². The van der Waals surface area contributed by atoms with Crippen molar-refractivity contribution >= 4 is 10.9 Å². The topological polar surface area (TPSA) is 52.8 Å². The normalized spacial score (nSPS) is 13.4. The molecule has 0 fully saturated rings. The van der Waals surface area contributed by atoms with Gasteiger partial charge in [0, 0.05) is 11.6 Å². The van der Waals surface area contributed by atoms with Crippen LogP contribution in [-0.4, -0.2) is 32.8 Å². The third-order valence-corrected chi connectivity index (χ3v) is 3.75. The van der Waals surface area contributed by atoms with E-state index in [1.165, 1.54) is 6.07 Å². The highest BCUT2D eigenvalue weighted by Gasteiger charge is 2.28. The minimum atomic E-state index is -4.36. The number of halogens is 3. The molecule has 0 saturated carbocycles. The number of ether oxygens (including phenoxy) is 1. The Morgan fingerprint density at radius 1 is 1.16 bits per heavy atom. The molecule has 0 aliphatic rings. The van der Waals surface area contributed by atoms with Gasteiger partial charge in [0.25, 0.3) is 0 Å². The second kappa shape index (κ2) is 6.70. The van der Waals surface area contributed by atoms with Gasteiger partial charge in [-0.1, -0.05) is 25.1 Å². The van der Waals surface area contributed by atoms with E-state index in [4.69, 9.17) is 4.74 Å². The fourth-order valence-corrected chi connectivity index (χ4v) is 2.69. The van der Waals surface area contributed by atoms with Crippen molar-refractivity contribution in [3.8, 4) is 5.75 Å². The maximum absolute atomic E-state index is 12.3. The number of fused-ring (bicyclic) bond motifs is 1. The van der Waals surface area contributed by atoms with Crippen molar-refractivity contribution < 1.29 is 17.9 Å². The van der Waals surface area contributed by atoms with Gasteiger partial charge >= 0.3 is 6.18 Å². The van der Waals surface area contributed by atoms with Crippen LogP contribution in [0.4, 0.5) is 13.2 Å². The molecule has 1 atom stereocenters. The van der Waals surface area contributed by atoms with Crippen LogP contribution in [0.3, 0.4) is 0 Å². The fraction of sp³-hybridized carbons (Fsp3) is 0.353. The van der Waals surface area contributed by atoms with Crippen LogP contribution >= 0.6 is 0 Å². The lowest BCUT2D eigenvalue weighted by molar-refractivity contribution is -0.153. The van der Waals surface area contributed by atoms with Gasteiger partial charge in [0.05, 0.1) is 23.4 Å². The summed E-state index contributed by atoms with van der Waals surface area (Å²) in [6.45, 7) is 2.81. The van der Waals surface area contributed by atoms with Crippen molar-refractivity contribution in [1.82, 2.24) is 20.0 Å². The quantitative estimate of drug-likeness (QED) is 0.698. The van der Waals surface area contributed by atoms with Crippen LogP contribution < -0.4 is 4.74 Å². The highest BCUT2D eigenvalue weighted by molar-refractivity contribution is 5.80. The first-order valence-corrected chi connectivity index (χ1v) is 7.79. The first-order chi connectivity index (χ1) is 11.8. The molecule has 0 spiro atoms. The number of alkyl halides is 3. The van der Waals surface area contributed by atoms with Gasteiger partial charge in [-0.15, -0.1) is 5.10 Å². The molecule has 2 heterocycles. The Hall–Kier alpha value is -2.64. The number of rotatable bonds is 5. The predicted octanol–water partition coefficient (Wildman–Crippen LogP) is 4.01. The zero-order valence-electron chi connectivity index (χ0n) is 13.7. The first-order valence-electron chi connectivity index (χ1n) is 7.79. The molecule has 0 bridgehead atoms. The third kappa shape index (κ3) is 4.07. The molecule has 8 heteroatoms. The molecule has 3 rings (SSSR count). The Kier molecular flexibility index (Phi) is 4.61. The Balaban J connectivity index is 1.90. The largest absolute Gasteiger partial charge is 0.484 e. The van der Waals surface area contributed by atoms with Crippen LogP contribution in [-0.2, 0) is 0 Å². The van der Waals surface area contributed by atoms with Crippen molar-refractivity contribution in [2.75, 3.05) is 6.61 Å². The minimum Gasteiger partial charge on any atom is -0.484 e. The smallest absolute Gasteiger partial charge is 0.422 e. The summed E-state index contributed by atoms with van der Waals surface area (Å²) in [4.78, 5) is 4.64. The van der Waals surface area contributed by atoms with E-state index in [0.29, 0.717) is 10.9 Å². The van der Waals surface area contributed by atoms with E-state index in [-0.39, 0.29) is 17.7 Å². The SMILES string of the molecule is CC(C)C(c1ccc2cc(OCC(F)(F)F)ccc2n1)n1ccnn1. The van der Waals surface area contributed by atoms with E-state index in [0.717, 1.165) is 5.69 Å². The molecule has 0 saturated heterocycles. The van der Waals surface area contributed by atoms with Crippen LogP contribution in [0.5, 0.6) is 5.75 Å². The Bertz CT molecular complexity index is 847. The number of nitrogens with zero attached hydrogens (tertiary/aromatic N) is 4. The first kappa shape index (κ1) is 17.2. The molecule has 0 amide bonds. The molecule has 0 aliphatic heterocycles. The van der Waals surface area contributed by atoms with Gasteiger partial charge in [-0.3, -0.25) is 4.98 Å². The summed E-state index contributed by atoms with van der Waals surface area (Å²) in [7, 11) is 0. The molecule has 0 aliphatic carbocycles. The van der Waals surface area contributed by atoms with E-state index >= 15 is 0 Å². The van der Waals surface area contributed by atoms with E-state index in [1.807, 2.05) is 12.1 Å². The molecule has 1 unspecified atom stereocenters. The molecular formula is C17H17F3N4O. The Morgan fingerprint density at radius 3 is 2.60 bits per heavy atom. The van der Waals surface area contributed by atoms with Gasteiger partial charge < -0.3 is 4.74 Å². The number of hydrogen-bond acceptors (Lipinski definition) is 4. The van der Waals surface area contributed by atoms with Crippen molar-refractivity contribution in [3.05, 3.63) is 48.4 Å². The van der Waals surface area contributed by atoms with Crippen molar-refractivity contribution in [2.45, 2.75) is 26.1 Å². The summed E-state index contributed by atoms with van der Waals surface area (Å²) < 4.78 is 43.3. The van der Waals surface area contributed by atoms with E-state index in [9.17, 15) is 13.2 Å². The summed E-state index contributed by atoms with van der Waals surface area (Å²) in [5.41, 5.74) is 1.50. The number of benzene rings is 1. The lowest BCUT2D eigenvalue weighted by atomic mass is 10.00. The number of hydrogen-bond donors (Lipinski definition) is 0. The Labute approximate surface area is 142 Å². The van der Waals surface area contributed by atoms with E-state index in [1.54, 1.807) is 29.2 Å². The average molecular weight is 350 g/mol. The number of aromatic nitrogens is 4. The molecule has 3 aromatic rings. The second-order valence-electron chi connectivity index (χ2n) is 6.07. The minimum absolute atomic E-state index is 0.0759. The molecule has 5 nitrogen and oxygen atoms in total. The maximum atomic E-state index is 12.3. The zero-order valence-corrected chi connectivity index (χ0v) is 13.7. The molecule has 0 radical (unpaired) electrons. The summed E-state index contributed by atoms with van der Waals surface area (Å²) in [5, 5.41) is 8.61.